The Bertz CT molecular complexity index is 1440. The first-order chi connectivity index (χ1) is 15.0. The fraction of sp³-hybridized carbons (Fsp3) is 0.143. The van der Waals surface area contributed by atoms with Crippen LogP contribution >= 0.6 is 22.9 Å². The molecule has 156 valence electrons. The van der Waals surface area contributed by atoms with Crippen LogP contribution in [-0.4, -0.2) is 32.7 Å². The van der Waals surface area contributed by atoms with Gasteiger partial charge in [0.05, 0.1) is 12.5 Å². The summed E-state index contributed by atoms with van der Waals surface area (Å²) in [4.78, 5) is 22.3. The van der Waals surface area contributed by atoms with Crippen molar-refractivity contribution < 1.29 is 18.7 Å². The van der Waals surface area contributed by atoms with E-state index in [4.69, 9.17) is 25.5 Å². The minimum atomic E-state index is -0.395. The van der Waals surface area contributed by atoms with Crippen molar-refractivity contribution in [3.63, 3.8) is 0 Å². The Morgan fingerprint density at radius 3 is 2.97 bits per heavy atom. The molecule has 1 aromatic carbocycles. The van der Waals surface area contributed by atoms with Crippen LogP contribution in [0.3, 0.4) is 0 Å². The topological polar surface area (TPSA) is 91.8 Å². The van der Waals surface area contributed by atoms with Crippen molar-refractivity contribution in [1.82, 2.24) is 19.6 Å². The Labute approximate surface area is 185 Å². The molecule has 0 saturated carbocycles. The molecule has 0 atom stereocenters. The van der Waals surface area contributed by atoms with Crippen molar-refractivity contribution in [2.75, 3.05) is 7.11 Å². The van der Waals surface area contributed by atoms with Crippen LogP contribution in [0.5, 0.6) is 5.75 Å². The Morgan fingerprint density at radius 1 is 1.29 bits per heavy atom. The maximum Gasteiger partial charge on any atom is 0.348 e. The highest BCUT2D eigenvalue weighted by Crippen LogP contribution is 2.33. The van der Waals surface area contributed by atoms with Crippen LogP contribution < -0.4 is 4.74 Å². The quantitative estimate of drug-likeness (QED) is 0.348. The Hall–Kier alpha value is -3.43. The normalized spacial score (nSPS) is 11.3. The minimum Gasteiger partial charge on any atom is -0.486 e. The predicted molar refractivity (Wildman–Crippen MR) is 116 cm³/mol. The molecule has 0 fully saturated rings. The molecule has 0 N–H and O–H groups in total. The molecule has 0 radical (unpaired) electrons. The Balaban J connectivity index is 1.46. The van der Waals surface area contributed by atoms with Gasteiger partial charge in [-0.05, 0) is 42.8 Å². The van der Waals surface area contributed by atoms with Crippen molar-refractivity contribution >= 4 is 44.8 Å². The third-order valence-corrected chi connectivity index (χ3v) is 6.11. The number of nitrogens with zero attached hydrogens (tertiary/aromatic N) is 4. The molecule has 0 bridgehead atoms. The first-order valence-electron chi connectivity index (χ1n) is 9.23. The lowest BCUT2D eigenvalue weighted by molar-refractivity contribution is 0.0605. The van der Waals surface area contributed by atoms with Gasteiger partial charge in [0.15, 0.2) is 11.4 Å². The number of furan rings is 1. The van der Waals surface area contributed by atoms with Crippen LogP contribution in [-0.2, 0) is 11.3 Å². The molecule has 0 unspecified atom stereocenters. The molecule has 10 heteroatoms. The van der Waals surface area contributed by atoms with E-state index in [0.717, 1.165) is 10.9 Å². The number of rotatable bonds is 5. The average molecular weight is 455 g/mol. The highest BCUT2D eigenvalue weighted by Gasteiger charge is 2.21. The first kappa shape index (κ1) is 19.5. The van der Waals surface area contributed by atoms with E-state index in [1.807, 2.05) is 25.1 Å². The second kappa shape index (κ2) is 7.68. The number of hydrogen-bond acceptors (Lipinski definition) is 8. The molecule has 0 aliphatic heterocycles. The van der Waals surface area contributed by atoms with Crippen LogP contribution in [0.2, 0.25) is 5.02 Å². The summed E-state index contributed by atoms with van der Waals surface area (Å²) in [5.74, 6) is 1.79. The number of carbonyl (C=O) groups excluding carboxylic acids is 1. The molecule has 0 spiro atoms. The van der Waals surface area contributed by atoms with Crippen LogP contribution in [0.15, 0.2) is 47.1 Å². The zero-order valence-electron chi connectivity index (χ0n) is 16.5. The fourth-order valence-corrected chi connectivity index (χ4v) is 4.45. The van der Waals surface area contributed by atoms with Gasteiger partial charge in [0, 0.05) is 5.02 Å². The Kier molecular flexibility index (Phi) is 4.84. The molecule has 4 aromatic heterocycles. The molecule has 0 aliphatic rings. The summed E-state index contributed by atoms with van der Waals surface area (Å²) >= 11 is 7.25. The van der Waals surface area contributed by atoms with Gasteiger partial charge < -0.3 is 13.9 Å². The van der Waals surface area contributed by atoms with Gasteiger partial charge in [-0.25, -0.2) is 19.3 Å². The summed E-state index contributed by atoms with van der Waals surface area (Å²) in [7, 11) is 1.36. The smallest absolute Gasteiger partial charge is 0.348 e. The summed E-state index contributed by atoms with van der Waals surface area (Å²) < 4.78 is 18.0. The Morgan fingerprint density at radius 2 is 2.16 bits per heavy atom. The van der Waals surface area contributed by atoms with E-state index in [1.54, 1.807) is 29.0 Å². The van der Waals surface area contributed by atoms with Crippen LogP contribution in [0.25, 0.3) is 27.4 Å². The largest absolute Gasteiger partial charge is 0.486 e. The number of methoxy groups -OCH3 is 1. The van der Waals surface area contributed by atoms with Crippen molar-refractivity contribution in [1.29, 1.82) is 0 Å². The highest BCUT2D eigenvalue weighted by atomic mass is 35.5. The number of hydrogen-bond donors (Lipinski definition) is 0. The van der Waals surface area contributed by atoms with E-state index in [1.165, 1.54) is 18.4 Å². The van der Waals surface area contributed by atoms with Gasteiger partial charge in [0.2, 0.25) is 5.82 Å². The maximum absolute atomic E-state index is 12.0. The van der Waals surface area contributed by atoms with Crippen molar-refractivity contribution in [3.8, 4) is 17.3 Å². The number of fused-ring (bicyclic) bond motifs is 3. The van der Waals surface area contributed by atoms with Gasteiger partial charge in [-0.1, -0.05) is 17.7 Å². The number of carbonyl (C=O) groups is 1. The monoisotopic (exact) mass is 454 g/mol. The molecule has 5 aromatic rings. The van der Waals surface area contributed by atoms with E-state index in [-0.39, 0.29) is 6.61 Å². The van der Waals surface area contributed by atoms with Gasteiger partial charge in [-0.15, -0.1) is 16.4 Å². The number of benzene rings is 1. The summed E-state index contributed by atoms with van der Waals surface area (Å²) in [6, 6.07) is 10.8. The number of ether oxygens (including phenoxy) is 2. The predicted octanol–water partition coefficient (Wildman–Crippen LogP) is 4.93. The van der Waals surface area contributed by atoms with Gasteiger partial charge >= 0.3 is 5.97 Å². The molecule has 31 heavy (non-hydrogen) atoms. The van der Waals surface area contributed by atoms with E-state index in [2.05, 4.69) is 15.1 Å². The van der Waals surface area contributed by atoms with E-state index < -0.39 is 5.97 Å². The van der Waals surface area contributed by atoms with Crippen molar-refractivity contribution in [3.05, 3.63) is 63.9 Å². The molecule has 0 saturated heterocycles. The van der Waals surface area contributed by atoms with Gasteiger partial charge in [-0.2, -0.15) is 0 Å². The standard InChI is InChI=1S/C21H15ClN4O4S/c1-11-16-19-24-18(25-26(19)10-23-20(16)31-17(11)21(27)28-2)15-7-6-14(30-15)9-29-13-5-3-4-12(22)8-13/h3-8,10H,9H2,1-2H3. The van der Waals surface area contributed by atoms with Crippen LogP contribution in [0, 0.1) is 6.92 Å². The van der Waals surface area contributed by atoms with Gasteiger partial charge in [0.25, 0.3) is 0 Å². The van der Waals surface area contributed by atoms with Gasteiger partial charge in [-0.3, -0.25) is 0 Å². The molecule has 0 amide bonds. The molecule has 0 aliphatic carbocycles. The van der Waals surface area contributed by atoms with Crippen molar-refractivity contribution in [2.45, 2.75) is 13.5 Å². The lowest BCUT2D eigenvalue weighted by Crippen LogP contribution is -1.99. The number of aromatic nitrogens is 4. The number of thiophene rings is 1. The second-order valence-corrected chi connectivity index (χ2v) is 8.12. The lowest BCUT2D eigenvalue weighted by Gasteiger charge is -2.03. The molecule has 4 heterocycles. The number of aryl methyl sites for hydroxylation is 1. The van der Waals surface area contributed by atoms with Crippen LogP contribution in [0.1, 0.15) is 21.0 Å². The molecular weight excluding hydrogens is 440 g/mol. The second-order valence-electron chi connectivity index (χ2n) is 6.69. The average Bonchev–Trinajstić information content (AvgIpc) is 3.48. The molecule has 8 nitrogen and oxygen atoms in total. The minimum absolute atomic E-state index is 0.242. The molecule has 5 rings (SSSR count). The fourth-order valence-electron chi connectivity index (χ4n) is 3.21. The molecular formula is C21H15ClN4O4S. The SMILES string of the molecule is COC(=O)c1sc2ncn3nc(-c4ccc(COc5cccc(Cl)c5)o4)nc3c2c1C. The summed E-state index contributed by atoms with van der Waals surface area (Å²) in [5.41, 5.74) is 1.36. The lowest BCUT2D eigenvalue weighted by atomic mass is 10.2. The zero-order chi connectivity index (χ0) is 21.5. The third-order valence-electron chi connectivity index (χ3n) is 4.70. The summed E-state index contributed by atoms with van der Waals surface area (Å²) in [6.07, 6.45) is 1.57. The van der Waals surface area contributed by atoms with Gasteiger partial charge in [0.1, 0.15) is 34.2 Å². The van der Waals surface area contributed by atoms with E-state index in [0.29, 0.717) is 43.5 Å². The summed E-state index contributed by atoms with van der Waals surface area (Å²) in [5, 5.41) is 5.84. The number of halogens is 1. The summed E-state index contributed by atoms with van der Waals surface area (Å²) in [6.45, 7) is 2.09. The first-order valence-corrected chi connectivity index (χ1v) is 10.4. The van der Waals surface area contributed by atoms with Crippen molar-refractivity contribution in [2.24, 2.45) is 0 Å². The number of esters is 1. The van der Waals surface area contributed by atoms with E-state index in [9.17, 15) is 4.79 Å². The van der Waals surface area contributed by atoms with Crippen LogP contribution in [0.4, 0.5) is 0 Å². The van der Waals surface area contributed by atoms with E-state index >= 15 is 0 Å². The third kappa shape index (κ3) is 3.51. The maximum atomic E-state index is 12.0. The zero-order valence-corrected chi connectivity index (χ0v) is 18.0. The highest BCUT2D eigenvalue weighted by molar-refractivity contribution is 7.20.